The Morgan fingerprint density at radius 2 is 1.79 bits per heavy atom. The molecule has 28 heavy (non-hydrogen) atoms. The molecule has 1 fully saturated rings. The van der Waals surface area contributed by atoms with Gasteiger partial charge in [0.15, 0.2) is 0 Å². The predicted octanol–water partition coefficient (Wildman–Crippen LogP) is 4.27. The summed E-state index contributed by atoms with van der Waals surface area (Å²) in [5.74, 6) is 0.684. The van der Waals surface area contributed by atoms with Gasteiger partial charge in [0.2, 0.25) is 5.89 Å². The molecule has 6 nitrogen and oxygen atoms in total. The van der Waals surface area contributed by atoms with Crippen molar-refractivity contribution < 1.29 is 14.0 Å². The van der Waals surface area contributed by atoms with E-state index in [0.29, 0.717) is 27.9 Å². The van der Waals surface area contributed by atoms with E-state index in [1.54, 1.807) is 38.1 Å². The van der Waals surface area contributed by atoms with Crippen LogP contribution in [-0.4, -0.2) is 21.8 Å². The minimum absolute atomic E-state index is 0.0377. The van der Waals surface area contributed by atoms with Crippen molar-refractivity contribution in [1.29, 1.82) is 0 Å². The summed E-state index contributed by atoms with van der Waals surface area (Å²) in [5, 5.41) is 3.34. The van der Waals surface area contributed by atoms with Gasteiger partial charge in [-0.1, -0.05) is 41.9 Å². The number of hydrogen-bond acceptors (Lipinski definition) is 4. The second-order valence-electron chi connectivity index (χ2n) is 6.84. The average Bonchev–Trinajstić information content (AvgIpc) is 3.16. The molecule has 2 heterocycles. The number of carbonyl (C=O) groups excluding carboxylic acids is 2. The highest BCUT2D eigenvalue weighted by atomic mass is 35.5. The zero-order valence-electron chi connectivity index (χ0n) is 15.4. The average molecular weight is 396 g/mol. The maximum absolute atomic E-state index is 13.1. The molecule has 1 saturated heterocycles. The van der Waals surface area contributed by atoms with E-state index < -0.39 is 11.6 Å². The lowest BCUT2D eigenvalue weighted by Gasteiger charge is -2.22. The van der Waals surface area contributed by atoms with Gasteiger partial charge in [-0.25, -0.2) is 9.78 Å². The third-order valence-electron chi connectivity index (χ3n) is 4.92. The van der Waals surface area contributed by atoms with Gasteiger partial charge in [-0.3, -0.25) is 9.69 Å². The van der Waals surface area contributed by atoms with Crippen molar-refractivity contribution in [3.8, 4) is 11.5 Å². The van der Waals surface area contributed by atoms with Crippen molar-refractivity contribution >= 4 is 23.5 Å². The van der Waals surface area contributed by atoms with Gasteiger partial charge in [-0.2, -0.15) is 0 Å². The SMILES string of the molecule is Cc1oc(-c2ccccc2)nc1CN1C(=O)NC(C)(c2ccc(Cl)cc2)C1=O. The number of hydrogen-bond donors (Lipinski definition) is 1. The van der Waals surface area contributed by atoms with Crippen LogP contribution >= 0.6 is 11.6 Å². The van der Waals surface area contributed by atoms with Gasteiger partial charge in [-0.15, -0.1) is 0 Å². The molecule has 1 aliphatic heterocycles. The summed E-state index contributed by atoms with van der Waals surface area (Å²) in [6.45, 7) is 3.49. The van der Waals surface area contributed by atoms with Gasteiger partial charge in [0, 0.05) is 10.6 Å². The number of aryl methyl sites for hydroxylation is 1. The normalized spacial score (nSPS) is 19.2. The van der Waals surface area contributed by atoms with Crippen LogP contribution in [0.5, 0.6) is 0 Å². The van der Waals surface area contributed by atoms with Crippen LogP contribution in [-0.2, 0) is 16.9 Å². The van der Waals surface area contributed by atoms with E-state index >= 15 is 0 Å². The quantitative estimate of drug-likeness (QED) is 0.669. The molecule has 2 aromatic carbocycles. The van der Waals surface area contributed by atoms with Crippen molar-refractivity contribution in [3.63, 3.8) is 0 Å². The highest BCUT2D eigenvalue weighted by Crippen LogP contribution is 2.31. The number of urea groups is 1. The number of aromatic nitrogens is 1. The van der Waals surface area contributed by atoms with Crippen LogP contribution in [0.15, 0.2) is 59.0 Å². The minimum Gasteiger partial charge on any atom is -0.441 e. The molecule has 0 radical (unpaired) electrons. The summed E-state index contributed by atoms with van der Waals surface area (Å²) < 4.78 is 5.74. The van der Waals surface area contributed by atoms with Gasteiger partial charge in [-0.05, 0) is 43.7 Å². The molecule has 7 heteroatoms. The van der Waals surface area contributed by atoms with E-state index in [0.717, 1.165) is 10.5 Å². The number of rotatable bonds is 4. The van der Waals surface area contributed by atoms with Gasteiger partial charge in [0.05, 0.1) is 6.54 Å². The standard InChI is InChI=1S/C21H18ClN3O3/c1-13-17(23-18(28-13)14-6-4-3-5-7-14)12-25-19(26)21(2,24-20(25)27)15-8-10-16(22)11-9-15/h3-11H,12H2,1-2H3,(H,24,27). The van der Waals surface area contributed by atoms with Crippen molar-refractivity contribution in [2.75, 3.05) is 0 Å². The summed E-state index contributed by atoms with van der Waals surface area (Å²) in [7, 11) is 0. The van der Waals surface area contributed by atoms with E-state index in [1.807, 2.05) is 30.3 Å². The Morgan fingerprint density at radius 1 is 1.11 bits per heavy atom. The third-order valence-corrected chi connectivity index (χ3v) is 5.17. The first-order chi connectivity index (χ1) is 13.4. The lowest BCUT2D eigenvalue weighted by Crippen LogP contribution is -2.40. The maximum atomic E-state index is 13.1. The molecule has 1 aromatic heterocycles. The highest BCUT2D eigenvalue weighted by Gasteiger charge is 2.49. The third kappa shape index (κ3) is 3.05. The molecule has 1 aliphatic rings. The van der Waals surface area contributed by atoms with Gasteiger partial charge < -0.3 is 9.73 Å². The fourth-order valence-corrected chi connectivity index (χ4v) is 3.37. The number of nitrogens with zero attached hydrogens (tertiary/aromatic N) is 2. The Kier molecular flexibility index (Phi) is 4.43. The lowest BCUT2D eigenvalue weighted by molar-refractivity contribution is -0.131. The number of halogens is 1. The summed E-state index contributed by atoms with van der Waals surface area (Å²) in [6.07, 6.45) is 0. The van der Waals surface area contributed by atoms with Crippen LogP contribution in [0.2, 0.25) is 5.02 Å². The van der Waals surface area contributed by atoms with Gasteiger partial charge in [0.25, 0.3) is 5.91 Å². The first kappa shape index (κ1) is 18.3. The Balaban J connectivity index is 1.61. The molecule has 0 saturated carbocycles. The van der Waals surface area contributed by atoms with Crippen LogP contribution in [0.25, 0.3) is 11.5 Å². The number of benzene rings is 2. The largest absolute Gasteiger partial charge is 0.441 e. The number of amides is 3. The second kappa shape index (κ2) is 6.80. The molecule has 1 atom stereocenters. The molecule has 142 valence electrons. The van der Waals surface area contributed by atoms with E-state index in [2.05, 4.69) is 10.3 Å². The van der Waals surface area contributed by atoms with Crippen molar-refractivity contribution in [2.45, 2.75) is 25.9 Å². The molecule has 0 bridgehead atoms. The van der Waals surface area contributed by atoms with Crippen LogP contribution in [0.3, 0.4) is 0 Å². The Labute approximate surface area is 167 Å². The predicted molar refractivity (Wildman–Crippen MR) is 105 cm³/mol. The van der Waals surface area contributed by atoms with E-state index in [9.17, 15) is 9.59 Å². The smallest absolute Gasteiger partial charge is 0.325 e. The zero-order chi connectivity index (χ0) is 19.9. The van der Waals surface area contributed by atoms with Crippen LogP contribution < -0.4 is 5.32 Å². The molecular formula is C21H18ClN3O3. The molecule has 3 aromatic rings. The number of carbonyl (C=O) groups is 2. The van der Waals surface area contributed by atoms with Crippen molar-refractivity contribution in [1.82, 2.24) is 15.2 Å². The van der Waals surface area contributed by atoms with Crippen LogP contribution in [0, 0.1) is 6.92 Å². The number of imide groups is 1. The Morgan fingerprint density at radius 3 is 2.46 bits per heavy atom. The molecule has 0 aliphatic carbocycles. The van der Waals surface area contributed by atoms with Crippen molar-refractivity contribution in [3.05, 3.63) is 76.6 Å². The van der Waals surface area contributed by atoms with E-state index in [1.165, 1.54) is 0 Å². The maximum Gasteiger partial charge on any atom is 0.325 e. The molecular weight excluding hydrogens is 378 g/mol. The molecule has 1 N–H and O–H groups in total. The zero-order valence-corrected chi connectivity index (χ0v) is 16.2. The van der Waals surface area contributed by atoms with E-state index in [4.69, 9.17) is 16.0 Å². The fourth-order valence-electron chi connectivity index (χ4n) is 3.25. The summed E-state index contributed by atoms with van der Waals surface area (Å²) in [5.41, 5.74) is 0.893. The molecule has 0 spiro atoms. The monoisotopic (exact) mass is 395 g/mol. The summed E-state index contributed by atoms with van der Waals surface area (Å²) >= 11 is 5.93. The second-order valence-corrected chi connectivity index (χ2v) is 7.28. The van der Waals surface area contributed by atoms with Gasteiger partial charge >= 0.3 is 6.03 Å². The highest BCUT2D eigenvalue weighted by molar-refractivity contribution is 6.30. The first-order valence-corrected chi connectivity index (χ1v) is 9.18. The first-order valence-electron chi connectivity index (χ1n) is 8.80. The number of oxazole rings is 1. The Hall–Kier alpha value is -3.12. The van der Waals surface area contributed by atoms with Crippen LogP contribution in [0.1, 0.15) is 23.9 Å². The van der Waals surface area contributed by atoms with Crippen molar-refractivity contribution in [2.24, 2.45) is 0 Å². The van der Waals surface area contributed by atoms with E-state index in [-0.39, 0.29) is 12.5 Å². The number of nitrogens with one attached hydrogen (secondary N) is 1. The summed E-state index contributed by atoms with van der Waals surface area (Å²) in [4.78, 5) is 31.3. The lowest BCUT2D eigenvalue weighted by atomic mass is 9.92. The topological polar surface area (TPSA) is 75.4 Å². The molecule has 4 rings (SSSR count). The molecule has 1 unspecified atom stereocenters. The fraction of sp³-hybridized carbons (Fsp3) is 0.190. The molecule has 3 amide bonds. The minimum atomic E-state index is -1.15. The Bertz CT molecular complexity index is 1050. The van der Waals surface area contributed by atoms with Gasteiger partial charge in [0.1, 0.15) is 17.0 Å². The summed E-state index contributed by atoms with van der Waals surface area (Å²) in [6, 6.07) is 15.9. The van der Waals surface area contributed by atoms with Crippen LogP contribution in [0.4, 0.5) is 4.79 Å².